The second kappa shape index (κ2) is 3.31. The van der Waals surface area contributed by atoms with Gasteiger partial charge in [-0.3, -0.25) is 0 Å². The molecule has 0 saturated heterocycles. The molecular formula is C21H28. The summed E-state index contributed by atoms with van der Waals surface area (Å²) in [4.78, 5) is 0. The van der Waals surface area contributed by atoms with Crippen molar-refractivity contribution in [3.8, 4) is 0 Å². The Kier molecular flexibility index (Phi) is 1.78. The number of rotatable bonds is 0. The van der Waals surface area contributed by atoms with Gasteiger partial charge in [0.1, 0.15) is 0 Å². The van der Waals surface area contributed by atoms with Crippen LogP contribution in [0.15, 0.2) is 12.2 Å². The van der Waals surface area contributed by atoms with Crippen molar-refractivity contribution in [1.82, 2.24) is 0 Å². The standard InChI is InChI=1S/C21H28/c1-2-12-5-11(1)15-6-14-7-18-13-3-4-21(9-13)10-19(20(18)21)17(14)8-16(12)15/h1-2,11-20H,3-10H2. The van der Waals surface area contributed by atoms with E-state index in [1.165, 1.54) is 29.6 Å². The van der Waals surface area contributed by atoms with E-state index in [9.17, 15) is 0 Å². The Morgan fingerprint density at radius 3 is 2.38 bits per heavy atom. The Morgan fingerprint density at radius 2 is 1.48 bits per heavy atom. The molecule has 0 aromatic carbocycles. The summed E-state index contributed by atoms with van der Waals surface area (Å²) < 4.78 is 0. The van der Waals surface area contributed by atoms with Crippen LogP contribution in [0.3, 0.4) is 0 Å². The van der Waals surface area contributed by atoms with Crippen molar-refractivity contribution in [2.24, 2.45) is 64.6 Å². The first-order valence-electron chi connectivity index (χ1n) is 10.0. The first-order valence-corrected chi connectivity index (χ1v) is 10.0. The average Bonchev–Trinajstić information content (AvgIpc) is 3.22. The van der Waals surface area contributed by atoms with Crippen molar-refractivity contribution in [3.63, 3.8) is 0 Å². The molecule has 6 saturated carbocycles. The van der Waals surface area contributed by atoms with Crippen LogP contribution in [0.25, 0.3) is 0 Å². The fourth-order valence-corrected chi connectivity index (χ4v) is 9.80. The molecule has 7 rings (SSSR count). The SMILES string of the molecule is C1=CC2CC1C1CC3CC4C5CCC6(C5)CC(C3CC21)C46. The van der Waals surface area contributed by atoms with Crippen molar-refractivity contribution in [2.45, 2.75) is 51.4 Å². The average molecular weight is 280 g/mol. The summed E-state index contributed by atoms with van der Waals surface area (Å²) in [5.74, 6) is 11.4. The molecule has 11 atom stereocenters. The van der Waals surface area contributed by atoms with Gasteiger partial charge in [0.05, 0.1) is 0 Å². The zero-order valence-electron chi connectivity index (χ0n) is 13.1. The minimum Gasteiger partial charge on any atom is -0.0848 e. The van der Waals surface area contributed by atoms with E-state index >= 15 is 0 Å². The molecule has 0 radical (unpaired) electrons. The smallest absolute Gasteiger partial charge is 0.0196 e. The molecule has 7 aliphatic carbocycles. The highest BCUT2D eigenvalue weighted by Gasteiger charge is 2.70. The van der Waals surface area contributed by atoms with Crippen LogP contribution in [0.5, 0.6) is 0 Å². The molecule has 7 aliphatic rings. The number of allylic oxidation sites excluding steroid dienone is 2. The summed E-state index contributed by atoms with van der Waals surface area (Å²) in [6.07, 6.45) is 18.3. The van der Waals surface area contributed by atoms with E-state index in [0.717, 1.165) is 35.0 Å². The van der Waals surface area contributed by atoms with Gasteiger partial charge in [0, 0.05) is 0 Å². The number of hydrogen-bond donors (Lipinski definition) is 0. The van der Waals surface area contributed by atoms with Gasteiger partial charge in [0.25, 0.3) is 0 Å². The van der Waals surface area contributed by atoms with Crippen LogP contribution >= 0.6 is 0 Å². The van der Waals surface area contributed by atoms with Gasteiger partial charge in [-0.2, -0.15) is 0 Å². The van der Waals surface area contributed by atoms with Crippen molar-refractivity contribution in [2.75, 3.05) is 0 Å². The van der Waals surface area contributed by atoms with Crippen LogP contribution in [0.1, 0.15) is 51.4 Å². The molecule has 4 bridgehead atoms. The Morgan fingerprint density at radius 1 is 0.667 bits per heavy atom. The molecule has 1 spiro atoms. The normalized spacial score (nSPS) is 71.2. The quantitative estimate of drug-likeness (QED) is 0.553. The lowest BCUT2D eigenvalue weighted by Crippen LogP contribution is -2.57. The molecule has 0 aromatic heterocycles. The van der Waals surface area contributed by atoms with Gasteiger partial charge in [-0.25, -0.2) is 0 Å². The van der Waals surface area contributed by atoms with E-state index in [1.54, 1.807) is 51.4 Å². The first kappa shape index (κ1) is 11.3. The highest BCUT2D eigenvalue weighted by atomic mass is 14.8. The maximum atomic E-state index is 2.61. The Hall–Kier alpha value is -0.260. The Labute approximate surface area is 128 Å². The van der Waals surface area contributed by atoms with Gasteiger partial charge >= 0.3 is 0 Å². The lowest BCUT2D eigenvalue weighted by molar-refractivity contribution is -0.153. The third-order valence-corrected chi connectivity index (χ3v) is 10.2. The minimum absolute atomic E-state index is 0.913. The van der Waals surface area contributed by atoms with Gasteiger partial charge < -0.3 is 0 Å². The largest absolute Gasteiger partial charge is 0.0848 e. The van der Waals surface area contributed by atoms with Gasteiger partial charge in [0.2, 0.25) is 0 Å². The zero-order chi connectivity index (χ0) is 13.3. The predicted octanol–water partition coefficient (Wildman–Crippen LogP) is 4.91. The van der Waals surface area contributed by atoms with Crippen LogP contribution < -0.4 is 0 Å². The first-order chi connectivity index (χ1) is 10.3. The van der Waals surface area contributed by atoms with E-state index < -0.39 is 0 Å². The van der Waals surface area contributed by atoms with Crippen LogP contribution in [0.2, 0.25) is 0 Å². The molecule has 6 fully saturated rings. The maximum Gasteiger partial charge on any atom is -0.0196 e. The van der Waals surface area contributed by atoms with Gasteiger partial charge in [-0.05, 0) is 116 Å². The third-order valence-electron chi connectivity index (χ3n) is 10.2. The molecule has 0 heteroatoms. The second-order valence-corrected chi connectivity index (χ2v) is 10.3. The van der Waals surface area contributed by atoms with E-state index in [0.29, 0.717) is 0 Å². The van der Waals surface area contributed by atoms with Crippen molar-refractivity contribution < 1.29 is 0 Å². The number of hydrogen-bond acceptors (Lipinski definition) is 0. The lowest BCUT2D eigenvalue weighted by atomic mass is 9.41. The van der Waals surface area contributed by atoms with E-state index in [1.807, 2.05) is 0 Å². The molecule has 0 aromatic rings. The summed E-state index contributed by atoms with van der Waals surface area (Å²) in [5.41, 5.74) is 0.913. The summed E-state index contributed by atoms with van der Waals surface area (Å²) in [7, 11) is 0. The molecule has 0 nitrogen and oxygen atoms in total. The van der Waals surface area contributed by atoms with Gasteiger partial charge in [-0.15, -0.1) is 0 Å². The minimum atomic E-state index is 0.913. The third kappa shape index (κ3) is 1.11. The van der Waals surface area contributed by atoms with Crippen LogP contribution in [-0.2, 0) is 0 Å². The summed E-state index contributed by atoms with van der Waals surface area (Å²) in [6.45, 7) is 0. The maximum absolute atomic E-state index is 2.61. The number of fused-ring (bicyclic) bond motifs is 9. The fraction of sp³-hybridized carbons (Fsp3) is 0.905. The van der Waals surface area contributed by atoms with Crippen LogP contribution in [-0.4, -0.2) is 0 Å². The van der Waals surface area contributed by atoms with Gasteiger partial charge in [0.15, 0.2) is 0 Å². The molecule has 112 valence electrons. The monoisotopic (exact) mass is 280 g/mol. The van der Waals surface area contributed by atoms with Crippen LogP contribution in [0.4, 0.5) is 0 Å². The Bertz CT molecular complexity index is 546. The van der Waals surface area contributed by atoms with E-state index in [-0.39, 0.29) is 0 Å². The summed E-state index contributed by atoms with van der Waals surface area (Å²) >= 11 is 0. The van der Waals surface area contributed by atoms with Crippen molar-refractivity contribution in [1.29, 1.82) is 0 Å². The molecular weight excluding hydrogens is 252 g/mol. The van der Waals surface area contributed by atoms with Crippen molar-refractivity contribution >= 4 is 0 Å². The molecule has 0 heterocycles. The fourth-order valence-electron chi connectivity index (χ4n) is 9.80. The second-order valence-electron chi connectivity index (χ2n) is 10.3. The molecule has 0 amide bonds. The predicted molar refractivity (Wildman–Crippen MR) is 83.4 cm³/mol. The highest BCUT2D eigenvalue weighted by Crippen LogP contribution is 2.78. The molecule has 0 aliphatic heterocycles. The Balaban J connectivity index is 1.25. The van der Waals surface area contributed by atoms with E-state index in [4.69, 9.17) is 0 Å². The van der Waals surface area contributed by atoms with E-state index in [2.05, 4.69) is 12.2 Å². The summed E-state index contributed by atoms with van der Waals surface area (Å²) in [5, 5.41) is 0. The topological polar surface area (TPSA) is 0 Å². The summed E-state index contributed by atoms with van der Waals surface area (Å²) in [6, 6.07) is 0. The molecule has 11 unspecified atom stereocenters. The highest BCUT2D eigenvalue weighted by molar-refractivity contribution is 5.21. The van der Waals surface area contributed by atoms with Crippen molar-refractivity contribution in [3.05, 3.63) is 12.2 Å². The zero-order valence-corrected chi connectivity index (χ0v) is 13.1. The van der Waals surface area contributed by atoms with Crippen LogP contribution in [0, 0.1) is 64.6 Å². The van der Waals surface area contributed by atoms with Gasteiger partial charge in [-0.1, -0.05) is 12.2 Å². The molecule has 21 heavy (non-hydrogen) atoms. The lowest BCUT2D eigenvalue weighted by Gasteiger charge is -2.64. The molecule has 0 N–H and O–H groups in total.